The fraction of sp³-hybridized carbons (Fsp3) is 0.618. The summed E-state index contributed by atoms with van der Waals surface area (Å²) in [4.78, 5) is 48.8. The van der Waals surface area contributed by atoms with Crippen molar-refractivity contribution in [3.8, 4) is 0 Å². The van der Waals surface area contributed by atoms with Crippen LogP contribution in [-0.4, -0.2) is 93.6 Å². The molecule has 1 spiro atoms. The molecule has 1 N–H and O–H groups in total. The van der Waals surface area contributed by atoms with Gasteiger partial charge in [-0.05, 0) is 44.1 Å². The molecule has 8 nitrogen and oxygen atoms in total. The van der Waals surface area contributed by atoms with E-state index < -0.39 is 35.6 Å². The number of carbonyl (C=O) groups is 3. The Morgan fingerprint density at radius 2 is 1.81 bits per heavy atom. The van der Waals surface area contributed by atoms with Crippen molar-refractivity contribution >= 4 is 17.7 Å². The molecule has 8 heteroatoms. The van der Waals surface area contributed by atoms with Gasteiger partial charge in [-0.2, -0.15) is 0 Å². The number of fused-ring (bicyclic) bond motifs is 1. The van der Waals surface area contributed by atoms with Crippen molar-refractivity contribution in [3.05, 3.63) is 61.2 Å². The SMILES string of the molecule is C=CCN(CCC)C(=O)[C@@H]1[C@@H]2CCC3(O2)C(C(=O)N(CC=C)C2CCCCC2)N([C@@H](CO)Cc2ccccc2)C(=O)[C@H]13. The molecule has 6 atom stereocenters. The molecule has 4 fully saturated rings. The molecule has 3 aliphatic heterocycles. The number of rotatable bonds is 13. The molecule has 3 heterocycles. The average molecular weight is 578 g/mol. The van der Waals surface area contributed by atoms with Crippen molar-refractivity contribution in [1.29, 1.82) is 0 Å². The van der Waals surface area contributed by atoms with Gasteiger partial charge in [-0.15, -0.1) is 13.2 Å². The third kappa shape index (κ3) is 5.32. The first-order valence-corrected chi connectivity index (χ1v) is 15.9. The summed E-state index contributed by atoms with van der Waals surface area (Å²) in [5, 5.41) is 10.7. The molecule has 3 amide bonds. The summed E-state index contributed by atoms with van der Waals surface area (Å²) in [6.07, 6.45) is 10.5. The average Bonchev–Trinajstić information content (AvgIpc) is 3.66. The molecule has 4 aliphatic rings. The predicted octanol–water partition coefficient (Wildman–Crippen LogP) is 3.74. The second kappa shape index (κ2) is 13.1. The minimum Gasteiger partial charge on any atom is -0.394 e. The summed E-state index contributed by atoms with van der Waals surface area (Å²) in [6.45, 7) is 10.9. The minimum absolute atomic E-state index is 0.0713. The summed E-state index contributed by atoms with van der Waals surface area (Å²) in [6, 6.07) is 8.28. The molecule has 2 bridgehead atoms. The van der Waals surface area contributed by atoms with Gasteiger partial charge in [0.15, 0.2) is 0 Å². The van der Waals surface area contributed by atoms with Gasteiger partial charge < -0.3 is 24.5 Å². The highest BCUT2D eigenvalue weighted by Gasteiger charge is 2.75. The number of likely N-dealkylation sites (tertiary alicyclic amines) is 1. The van der Waals surface area contributed by atoms with Crippen LogP contribution in [-0.2, 0) is 25.5 Å². The van der Waals surface area contributed by atoms with Crippen molar-refractivity contribution in [2.75, 3.05) is 26.2 Å². The highest BCUT2D eigenvalue weighted by molar-refractivity contribution is 5.99. The van der Waals surface area contributed by atoms with Gasteiger partial charge in [-0.1, -0.05) is 68.7 Å². The maximum absolute atomic E-state index is 14.8. The van der Waals surface area contributed by atoms with Crippen molar-refractivity contribution in [2.24, 2.45) is 11.8 Å². The monoisotopic (exact) mass is 577 g/mol. The maximum atomic E-state index is 14.8. The number of benzene rings is 1. The molecular weight excluding hydrogens is 530 g/mol. The molecule has 0 radical (unpaired) electrons. The van der Waals surface area contributed by atoms with Gasteiger partial charge in [0.25, 0.3) is 0 Å². The molecule has 2 unspecified atom stereocenters. The number of hydrogen-bond acceptors (Lipinski definition) is 5. The Balaban J connectivity index is 1.57. The largest absolute Gasteiger partial charge is 0.394 e. The van der Waals surface area contributed by atoms with Crippen molar-refractivity contribution in [1.82, 2.24) is 14.7 Å². The number of nitrogens with zero attached hydrogens (tertiary/aromatic N) is 3. The van der Waals surface area contributed by atoms with E-state index in [0.717, 1.165) is 44.1 Å². The molecule has 228 valence electrons. The van der Waals surface area contributed by atoms with Gasteiger partial charge in [-0.3, -0.25) is 14.4 Å². The van der Waals surface area contributed by atoms with Crippen LogP contribution >= 0.6 is 0 Å². The Hall–Kier alpha value is -2.97. The van der Waals surface area contributed by atoms with Crippen LogP contribution in [0.1, 0.15) is 63.9 Å². The van der Waals surface area contributed by atoms with Gasteiger partial charge >= 0.3 is 0 Å². The number of aliphatic hydroxyl groups is 1. The second-order valence-electron chi connectivity index (χ2n) is 12.5. The lowest BCUT2D eigenvalue weighted by molar-refractivity contribution is -0.153. The third-order valence-corrected chi connectivity index (χ3v) is 9.95. The van der Waals surface area contributed by atoms with E-state index in [-0.39, 0.29) is 30.4 Å². The Kier molecular flexibility index (Phi) is 9.53. The van der Waals surface area contributed by atoms with Crippen molar-refractivity contribution < 1.29 is 24.2 Å². The normalized spacial score (nSPS) is 29.3. The molecule has 42 heavy (non-hydrogen) atoms. The molecule has 1 aliphatic carbocycles. The summed E-state index contributed by atoms with van der Waals surface area (Å²) in [5.74, 6) is -1.91. The fourth-order valence-electron chi connectivity index (χ4n) is 8.22. The zero-order valence-corrected chi connectivity index (χ0v) is 25.0. The van der Waals surface area contributed by atoms with Gasteiger partial charge in [0.05, 0.1) is 30.6 Å². The first kappa shape index (κ1) is 30.5. The van der Waals surface area contributed by atoms with Crippen LogP contribution in [0.5, 0.6) is 0 Å². The van der Waals surface area contributed by atoms with Crippen LogP contribution in [0.4, 0.5) is 0 Å². The summed E-state index contributed by atoms with van der Waals surface area (Å²) < 4.78 is 6.73. The van der Waals surface area contributed by atoms with Crippen molar-refractivity contribution in [3.63, 3.8) is 0 Å². The molecule has 3 saturated heterocycles. The van der Waals surface area contributed by atoms with E-state index in [1.807, 2.05) is 42.2 Å². The Morgan fingerprint density at radius 3 is 2.45 bits per heavy atom. The quantitative estimate of drug-likeness (QED) is 0.361. The number of carbonyl (C=O) groups excluding carboxylic acids is 3. The Bertz CT molecular complexity index is 1150. The number of hydrogen-bond donors (Lipinski definition) is 1. The predicted molar refractivity (Wildman–Crippen MR) is 161 cm³/mol. The van der Waals surface area contributed by atoms with E-state index in [2.05, 4.69) is 13.2 Å². The van der Waals surface area contributed by atoms with E-state index in [1.165, 1.54) is 0 Å². The van der Waals surface area contributed by atoms with Gasteiger partial charge in [0.1, 0.15) is 11.6 Å². The Labute approximate surface area is 250 Å². The number of amides is 3. The summed E-state index contributed by atoms with van der Waals surface area (Å²) in [7, 11) is 0. The smallest absolute Gasteiger partial charge is 0.248 e. The minimum atomic E-state index is -1.09. The van der Waals surface area contributed by atoms with E-state index in [0.29, 0.717) is 38.9 Å². The molecule has 1 aromatic carbocycles. The first-order chi connectivity index (χ1) is 20.4. The van der Waals surface area contributed by atoms with Crippen LogP contribution in [0.3, 0.4) is 0 Å². The summed E-state index contributed by atoms with van der Waals surface area (Å²) >= 11 is 0. The van der Waals surface area contributed by atoms with Gasteiger partial charge in [-0.25, -0.2) is 0 Å². The third-order valence-electron chi connectivity index (χ3n) is 9.95. The van der Waals surface area contributed by atoms with E-state index in [1.54, 1.807) is 22.0 Å². The zero-order valence-electron chi connectivity index (χ0n) is 25.0. The highest BCUT2D eigenvalue weighted by Crippen LogP contribution is 2.59. The van der Waals surface area contributed by atoms with Crippen LogP contribution in [0.2, 0.25) is 0 Å². The standard InChI is InChI=1S/C34H47N3O5/c1-4-19-35(20-5-2)31(39)28-27-17-18-34(42-27)29(28)32(40)37(26(23-38)22-24-13-9-7-10-14-24)30(34)33(41)36(21-6-3)25-15-11-8-12-16-25/h4,6-7,9-10,13-14,25-30,38H,1,3,5,8,11-12,15-23H2,2H3/t26-,27+,28-,29+,30?,34?/m1/s1. The van der Waals surface area contributed by atoms with Crippen LogP contribution < -0.4 is 0 Å². The topological polar surface area (TPSA) is 90.4 Å². The molecule has 1 saturated carbocycles. The lowest BCUT2D eigenvalue weighted by atomic mass is 9.70. The maximum Gasteiger partial charge on any atom is 0.248 e. The number of aliphatic hydroxyl groups excluding tert-OH is 1. The molecule has 1 aromatic rings. The van der Waals surface area contributed by atoms with Crippen LogP contribution in [0.25, 0.3) is 0 Å². The fourth-order valence-corrected chi connectivity index (χ4v) is 8.22. The number of ether oxygens (including phenoxy) is 1. The molecule has 0 aromatic heterocycles. The molecule has 5 rings (SSSR count). The highest BCUT2D eigenvalue weighted by atomic mass is 16.5. The summed E-state index contributed by atoms with van der Waals surface area (Å²) in [5.41, 5.74) is -0.123. The van der Waals surface area contributed by atoms with Gasteiger partial charge in [0.2, 0.25) is 17.7 Å². The lowest BCUT2D eigenvalue weighted by Gasteiger charge is -2.42. The second-order valence-corrected chi connectivity index (χ2v) is 12.5. The Morgan fingerprint density at radius 1 is 1.10 bits per heavy atom. The van der Waals surface area contributed by atoms with Crippen LogP contribution in [0.15, 0.2) is 55.6 Å². The zero-order chi connectivity index (χ0) is 29.9. The van der Waals surface area contributed by atoms with E-state index >= 15 is 0 Å². The van der Waals surface area contributed by atoms with E-state index in [4.69, 9.17) is 4.74 Å². The molecular formula is C34H47N3O5. The van der Waals surface area contributed by atoms with Crippen LogP contribution in [0, 0.1) is 11.8 Å². The van der Waals surface area contributed by atoms with E-state index in [9.17, 15) is 19.5 Å². The first-order valence-electron chi connectivity index (χ1n) is 15.9. The van der Waals surface area contributed by atoms with Crippen molar-refractivity contribution in [2.45, 2.75) is 94.5 Å². The lowest BCUT2D eigenvalue weighted by Crippen LogP contribution is -2.60. The van der Waals surface area contributed by atoms with Gasteiger partial charge in [0, 0.05) is 25.7 Å².